The average molecular weight is 360 g/mol. The molecule has 0 unspecified atom stereocenters. The number of rotatable bonds is 6. The summed E-state index contributed by atoms with van der Waals surface area (Å²) in [4.78, 5) is 12.0. The Hall–Kier alpha value is -1.35. The van der Waals surface area contributed by atoms with E-state index in [1.165, 1.54) is 12.1 Å². The van der Waals surface area contributed by atoms with E-state index in [9.17, 15) is 14.4 Å². The van der Waals surface area contributed by atoms with Crippen molar-refractivity contribution in [3.8, 4) is 6.07 Å². The van der Waals surface area contributed by atoms with Crippen LogP contribution in [0, 0.1) is 23.1 Å². The van der Waals surface area contributed by atoms with Gasteiger partial charge in [-0.25, -0.2) is 4.39 Å². The Morgan fingerprint density at radius 2 is 1.96 bits per heavy atom. The van der Waals surface area contributed by atoms with Gasteiger partial charge in [0.2, 0.25) is 5.91 Å². The van der Waals surface area contributed by atoms with Gasteiger partial charge in [0.25, 0.3) is 0 Å². The highest BCUT2D eigenvalue weighted by molar-refractivity contribution is 6.35. The Bertz CT molecular complexity index is 630. The number of carbonyl (C=O) groups excluding carboxylic acids is 1. The van der Waals surface area contributed by atoms with Gasteiger partial charge in [-0.1, -0.05) is 37.0 Å². The van der Waals surface area contributed by atoms with Crippen LogP contribution < -0.4 is 10.6 Å². The van der Waals surface area contributed by atoms with Crippen LogP contribution in [0.25, 0.3) is 0 Å². The largest absolute Gasteiger partial charge is 0.337 e. The molecule has 0 aliphatic heterocycles. The number of amides is 1. The van der Waals surface area contributed by atoms with Crippen LogP contribution in [0.3, 0.4) is 0 Å². The molecule has 0 heterocycles. The summed E-state index contributed by atoms with van der Waals surface area (Å²) in [5, 5.41) is 15.1. The highest BCUT2D eigenvalue weighted by Crippen LogP contribution is 2.28. The maximum atomic E-state index is 13.5. The monoisotopic (exact) mass is 359 g/mol. The molecular weight excluding hydrogens is 340 g/mol. The van der Waals surface area contributed by atoms with Crippen molar-refractivity contribution in [1.82, 2.24) is 10.6 Å². The summed E-state index contributed by atoms with van der Waals surface area (Å²) >= 11 is 11.7. The second kappa shape index (κ2) is 7.96. The summed E-state index contributed by atoms with van der Waals surface area (Å²) in [5.74, 6) is -0.921. The van der Waals surface area contributed by atoms with E-state index < -0.39 is 11.4 Å². The molecule has 0 bridgehead atoms. The van der Waals surface area contributed by atoms with Crippen LogP contribution >= 0.6 is 23.2 Å². The van der Waals surface area contributed by atoms with Gasteiger partial charge in [-0.3, -0.25) is 4.79 Å². The summed E-state index contributed by atoms with van der Waals surface area (Å²) < 4.78 is 13.5. The third-order valence-corrected chi connectivity index (χ3v) is 4.48. The first kappa shape index (κ1) is 19.7. The topological polar surface area (TPSA) is 64.9 Å². The van der Waals surface area contributed by atoms with Crippen LogP contribution in [0.15, 0.2) is 12.1 Å². The third kappa shape index (κ3) is 5.07. The van der Waals surface area contributed by atoms with Crippen LogP contribution in [-0.4, -0.2) is 18.0 Å². The van der Waals surface area contributed by atoms with Gasteiger partial charge in [0.05, 0.1) is 17.6 Å². The van der Waals surface area contributed by atoms with Crippen molar-refractivity contribution in [2.75, 3.05) is 6.54 Å². The fraction of sp³-hybridized carbons (Fsp3) is 0.500. The standard InChI is InChI=1S/C16H20Cl2FN3O/c1-9(2)16(4,8-20)22-15(23)7-21-10(3)11-5-14(19)13(18)6-12(11)17/h5-6,9-10,21H,7H2,1-4H3,(H,22,23)/t10-,16-/m0/s1. The molecule has 23 heavy (non-hydrogen) atoms. The molecule has 0 fully saturated rings. The van der Waals surface area contributed by atoms with E-state index >= 15 is 0 Å². The fourth-order valence-electron chi connectivity index (χ4n) is 1.86. The zero-order valence-electron chi connectivity index (χ0n) is 13.5. The molecule has 1 rings (SSSR count). The maximum Gasteiger partial charge on any atom is 0.235 e. The number of nitrogens with zero attached hydrogens (tertiary/aromatic N) is 1. The zero-order chi connectivity index (χ0) is 17.8. The van der Waals surface area contributed by atoms with Crippen molar-refractivity contribution in [2.24, 2.45) is 5.92 Å². The van der Waals surface area contributed by atoms with Gasteiger partial charge in [-0.2, -0.15) is 5.26 Å². The first-order chi connectivity index (χ1) is 10.6. The molecule has 1 amide bonds. The van der Waals surface area contributed by atoms with Crippen molar-refractivity contribution in [1.29, 1.82) is 5.26 Å². The van der Waals surface area contributed by atoms with E-state index in [1.54, 1.807) is 13.8 Å². The van der Waals surface area contributed by atoms with Crippen LogP contribution in [-0.2, 0) is 4.79 Å². The summed E-state index contributed by atoms with van der Waals surface area (Å²) in [6.45, 7) is 7.12. The van der Waals surface area contributed by atoms with E-state index in [0.29, 0.717) is 10.6 Å². The molecule has 0 saturated carbocycles. The molecule has 1 aromatic carbocycles. The lowest BCUT2D eigenvalue weighted by Gasteiger charge is -2.27. The van der Waals surface area contributed by atoms with Gasteiger partial charge in [0.15, 0.2) is 0 Å². The maximum absolute atomic E-state index is 13.5. The molecule has 2 atom stereocenters. The number of benzene rings is 1. The lowest BCUT2D eigenvalue weighted by molar-refractivity contribution is -0.122. The number of nitrogens with one attached hydrogen (secondary N) is 2. The molecule has 0 aliphatic carbocycles. The summed E-state index contributed by atoms with van der Waals surface area (Å²) in [7, 11) is 0. The number of nitriles is 1. The van der Waals surface area contributed by atoms with Crippen molar-refractivity contribution in [3.05, 3.63) is 33.6 Å². The van der Waals surface area contributed by atoms with Gasteiger partial charge < -0.3 is 10.6 Å². The van der Waals surface area contributed by atoms with E-state index in [4.69, 9.17) is 23.2 Å². The van der Waals surface area contributed by atoms with E-state index in [-0.39, 0.29) is 29.4 Å². The number of hydrogen-bond donors (Lipinski definition) is 2. The highest BCUT2D eigenvalue weighted by atomic mass is 35.5. The molecule has 0 spiro atoms. The Balaban J connectivity index is 2.70. The van der Waals surface area contributed by atoms with Crippen LogP contribution in [0.2, 0.25) is 10.0 Å². The molecule has 2 N–H and O–H groups in total. The SMILES string of the molecule is CC(C)[C@](C)(C#N)NC(=O)CN[C@@H](C)c1cc(F)c(Cl)cc1Cl. The third-order valence-electron chi connectivity index (χ3n) is 3.86. The first-order valence-corrected chi connectivity index (χ1v) is 7.96. The number of carbonyl (C=O) groups is 1. The summed E-state index contributed by atoms with van der Waals surface area (Å²) in [6.07, 6.45) is 0. The molecule has 0 aromatic heterocycles. The van der Waals surface area contributed by atoms with Crippen molar-refractivity contribution < 1.29 is 9.18 Å². The zero-order valence-corrected chi connectivity index (χ0v) is 15.0. The first-order valence-electron chi connectivity index (χ1n) is 7.20. The van der Waals surface area contributed by atoms with E-state index in [1.807, 2.05) is 13.8 Å². The second-order valence-corrected chi connectivity index (χ2v) is 6.72. The van der Waals surface area contributed by atoms with Crippen molar-refractivity contribution in [2.45, 2.75) is 39.3 Å². The highest BCUT2D eigenvalue weighted by Gasteiger charge is 2.29. The molecule has 0 aliphatic rings. The molecule has 126 valence electrons. The normalized spacial score (nSPS) is 14.9. The minimum atomic E-state index is -0.938. The van der Waals surface area contributed by atoms with Crippen molar-refractivity contribution >= 4 is 29.1 Å². The van der Waals surface area contributed by atoms with E-state index in [0.717, 1.165) is 0 Å². The smallest absolute Gasteiger partial charge is 0.235 e. The van der Waals surface area contributed by atoms with Crippen LogP contribution in [0.1, 0.15) is 39.3 Å². The minimum absolute atomic E-state index is 0.0221. The Morgan fingerprint density at radius 3 is 2.48 bits per heavy atom. The van der Waals surface area contributed by atoms with Crippen LogP contribution in [0.5, 0.6) is 0 Å². The molecule has 0 radical (unpaired) electrons. The van der Waals surface area contributed by atoms with E-state index in [2.05, 4.69) is 16.7 Å². The van der Waals surface area contributed by atoms with Gasteiger partial charge >= 0.3 is 0 Å². The number of halogens is 3. The number of hydrogen-bond acceptors (Lipinski definition) is 3. The molecule has 7 heteroatoms. The second-order valence-electron chi connectivity index (χ2n) is 5.91. The Labute approximate surface area is 146 Å². The molecule has 4 nitrogen and oxygen atoms in total. The quantitative estimate of drug-likeness (QED) is 0.758. The van der Waals surface area contributed by atoms with Gasteiger partial charge in [-0.05, 0) is 37.5 Å². The lowest BCUT2D eigenvalue weighted by atomic mass is 9.90. The predicted octanol–water partition coefficient (Wildman–Crippen LogP) is 3.84. The summed E-state index contributed by atoms with van der Waals surface area (Å²) in [6, 6.07) is 4.33. The fourth-order valence-corrected chi connectivity index (χ4v) is 2.41. The van der Waals surface area contributed by atoms with Gasteiger partial charge in [0, 0.05) is 11.1 Å². The van der Waals surface area contributed by atoms with Gasteiger partial charge in [-0.15, -0.1) is 0 Å². The Kier molecular flexibility index (Phi) is 6.82. The molecular formula is C16H20Cl2FN3O. The molecule has 0 saturated heterocycles. The lowest BCUT2D eigenvalue weighted by Crippen LogP contribution is -2.51. The van der Waals surface area contributed by atoms with Gasteiger partial charge in [0.1, 0.15) is 11.4 Å². The Morgan fingerprint density at radius 1 is 1.35 bits per heavy atom. The van der Waals surface area contributed by atoms with Crippen molar-refractivity contribution in [3.63, 3.8) is 0 Å². The average Bonchev–Trinajstić information content (AvgIpc) is 2.48. The van der Waals surface area contributed by atoms with Crippen LogP contribution in [0.4, 0.5) is 4.39 Å². The predicted molar refractivity (Wildman–Crippen MR) is 89.8 cm³/mol. The minimum Gasteiger partial charge on any atom is -0.337 e. The molecule has 1 aromatic rings. The summed E-state index contributed by atoms with van der Waals surface area (Å²) in [5.41, 5.74) is -0.431.